The van der Waals surface area contributed by atoms with Crippen molar-refractivity contribution in [2.24, 2.45) is 17.8 Å². The monoisotopic (exact) mass is 516 g/mol. The second-order valence-electron chi connectivity index (χ2n) is 10.1. The molecule has 0 bridgehead atoms. The Hall–Kier alpha value is -0.810. The smallest absolute Gasteiger partial charge is 0.302 e. The fourth-order valence-electron chi connectivity index (χ4n) is 4.28. The maximum atomic E-state index is 11.2. The Kier molecular flexibility index (Phi) is 16.2. The summed E-state index contributed by atoms with van der Waals surface area (Å²) in [6, 6.07) is 2.75. The average molecular weight is 517 g/mol. The average Bonchev–Trinajstić information content (AvgIpc) is 2.79. The van der Waals surface area contributed by atoms with Crippen molar-refractivity contribution in [3.8, 4) is 6.07 Å². The number of nitriles is 1. The Bertz CT molecular complexity index is 621. The number of ether oxygens (including phenoxy) is 3. The molecular formula is C26H49N2O6P. The molecule has 1 saturated heterocycles. The molecule has 0 N–H and O–H groups in total. The molecule has 0 radical (unpaired) electrons. The van der Waals surface area contributed by atoms with Crippen LogP contribution in [-0.4, -0.2) is 61.5 Å². The van der Waals surface area contributed by atoms with E-state index in [2.05, 4.69) is 59.2 Å². The number of nitrogens with zero attached hydrogens (tertiary/aromatic N) is 2. The highest BCUT2D eigenvalue weighted by molar-refractivity contribution is 7.44. The molecule has 0 aliphatic carbocycles. The fourth-order valence-corrected chi connectivity index (χ4v) is 5.91. The van der Waals surface area contributed by atoms with Gasteiger partial charge in [-0.2, -0.15) is 5.26 Å². The van der Waals surface area contributed by atoms with Crippen LogP contribution in [0.15, 0.2) is 0 Å². The van der Waals surface area contributed by atoms with E-state index in [0.717, 1.165) is 25.7 Å². The molecule has 1 aliphatic heterocycles. The predicted octanol–water partition coefficient (Wildman–Crippen LogP) is 6.05. The van der Waals surface area contributed by atoms with Crippen LogP contribution in [-0.2, 0) is 28.1 Å². The van der Waals surface area contributed by atoms with Crippen LogP contribution in [0.1, 0.15) is 87.5 Å². The van der Waals surface area contributed by atoms with Gasteiger partial charge in [-0.3, -0.25) is 4.79 Å². The molecule has 1 aliphatic rings. The third kappa shape index (κ3) is 11.9. The molecule has 0 amide bonds. The largest absolute Gasteiger partial charge is 0.463 e. The minimum absolute atomic E-state index is 0.131. The normalized spacial score (nSPS) is 25.7. The van der Waals surface area contributed by atoms with Crippen molar-refractivity contribution in [3.05, 3.63) is 0 Å². The van der Waals surface area contributed by atoms with Gasteiger partial charge in [0.2, 0.25) is 0 Å². The quantitative estimate of drug-likeness (QED) is 0.131. The third-order valence-electron chi connectivity index (χ3n) is 6.62. The summed E-state index contributed by atoms with van der Waals surface area (Å²) in [5.74, 6) is 0.738. The molecule has 0 aromatic rings. The highest BCUT2D eigenvalue weighted by Gasteiger charge is 2.40. The lowest BCUT2D eigenvalue weighted by molar-refractivity contribution is -0.255. The molecule has 1 rings (SSSR count). The van der Waals surface area contributed by atoms with E-state index in [-0.39, 0.29) is 30.9 Å². The van der Waals surface area contributed by atoms with Gasteiger partial charge in [0.1, 0.15) is 6.61 Å². The van der Waals surface area contributed by atoms with E-state index >= 15 is 0 Å². The minimum Gasteiger partial charge on any atom is -0.463 e. The molecule has 35 heavy (non-hydrogen) atoms. The van der Waals surface area contributed by atoms with E-state index in [0.29, 0.717) is 50.2 Å². The molecule has 0 aromatic heterocycles. The molecule has 1 fully saturated rings. The summed E-state index contributed by atoms with van der Waals surface area (Å²) in [5, 5.41) is 8.82. The highest BCUT2D eigenvalue weighted by Crippen LogP contribution is 2.46. The zero-order chi connectivity index (χ0) is 26.4. The Morgan fingerprint density at radius 1 is 0.943 bits per heavy atom. The Morgan fingerprint density at radius 3 is 2.11 bits per heavy atom. The van der Waals surface area contributed by atoms with Crippen LogP contribution < -0.4 is 0 Å². The summed E-state index contributed by atoms with van der Waals surface area (Å²) in [6.07, 6.45) is 4.00. The van der Waals surface area contributed by atoms with Crippen molar-refractivity contribution in [1.82, 2.24) is 4.67 Å². The van der Waals surface area contributed by atoms with Gasteiger partial charge in [0, 0.05) is 31.5 Å². The van der Waals surface area contributed by atoms with Gasteiger partial charge >= 0.3 is 5.97 Å². The molecule has 0 saturated carbocycles. The second kappa shape index (κ2) is 17.6. The Morgan fingerprint density at radius 2 is 1.54 bits per heavy atom. The van der Waals surface area contributed by atoms with E-state index in [1.807, 2.05) is 0 Å². The molecule has 0 aromatic carbocycles. The highest BCUT2D eigenvalue weighted by atomic mass is 31.2. The first-order chi connectivity index (χ1) is 16.6. The molecule has 0 spiro atoms. The lowest BCUT2D eigenvalue weighted by Crippen LogP contribution is -2.47. The van der Waals surface area contributed by atoms with Crippen LogP contribution in [0.3, 0.4) is 0 Å². The maximum absolute atomic E-state index is 11.2. The molecule has 6 atom stereocenters. The zero-order valence-corrected chi connectivity index (χ0v) is 24.1. The number of rotatable bonds is 17. The van der Waals surface area contributed by atoms with Crippen molar-refractivity contribution in [2.45, 2.75) is 112 Å². The van der Waals surface area contributed by atoms with Crippen LogP contribution in [0.5, 0.6) is 0 Å². The summed E-state index contributed by atoms with van der Waals surface area (Å²) in [6.45, 7) is 18.5. The summed E-state index contributed by atoms with van der Waals surface area (Å²) in [7, 11) is -1.17. The van der Waals surface area contributed by atoms with Gasteiger partial charge in [-0.25, -0.2) is 4.67 Å². The molecule has 9 heteroatoms. The van der Waals surface area contributed by atoms with Crippen LogP contribution in [0.25, 0.3) is 0 Å². The van der Waals surface area contributed by atoms with Crippen molar-refractivity contribution >= 4 is 14.5 Å². The minimum atomic E-state index is -1.17. The van der Waals surface area contributed by atoms with E-state index in [4.69, 9.17) is 28.5 Å². The lowest BCUT2D eigenvalue weighted by atomic mass is 9.79. The Balaban J connectivity index is 2.34. The predicted molar refractivity (Wildman–Crippen MR) is 138 cm³/mol. The van der Waals surface area contributed by atoms with Gasteiger partial charge in [-0.15, -0.1) is 0 Å². The second-order valence-corrected chi connectivity index (χ2v) is 11.5. The van der Waals surface area contributed by atoms with Crippen molar-refractivity contribution in [1.29, 1.82) is 5.26 Å². The summed E-state index contributed by atoms with van der Waals surface area (Å²) in [4.78, 5) is 11.2. The third-order valence-corrected chi connectivity index (χ3v) is 8.73. The SMILES string of the molecule is CC(=O)OCC1O[C@@H](OCCCCCCOP(OCCC#N)N(C(C)C)C(C)C)[C@@H](C)[C@H](C)C1C. The van der Waals surface area contributed by atoms with Gasteiger partial charge < -0.3 is 23.3 Å². The van der Waals surface area contributed by atoms with Crippen molar-refractivity contribution in [2.75, 3.05) is 26.4 Å². The topological polar surface area (TPSA) is 90.3 Å². The van der Waals surface area contributed by atoms with Gasteiger partial charge in [-0.1, -0.05) is 33.6 Å². The van der Waals surface area contributed by atoms with Crippen LogP contribution in [0, 0.1) is 29.1 Å². The van der Waals surface area contributed by atoms with Gasteiger partial charge in [-0.05, 0) is 52.4 Å². The van der Waals surface area contributed by atoms with Crippen LogP contribution in [0.2, 0.25) is 0 Å². The standard InChI is InChI=1S/C26H49N2O6P/c1-19(2)28(20(3)4)35(33-17-13-14-27)32-16-12-10-9-11-15-30-26-23(7)21(5)22(6)25(34-26)18-31-24(8)29/h19-23,25-26H,9-13,15-18H2,1-8H3/t21-,22?,23+,25?,26-,35?/m1/s1. The van der Waals surface area contributed by atoms with E-state index in [9.17, 15) is 4.79 Å². The van der Waals surface area contributed by atoms with Crippen LogP contribution >= 0.6 is 8.53 Å². The fraction of sp³-hybridized carbons (Fsp3) is 0.923. The van der Waals surface area contributed by atoms with Gasteiger partial charge in [0.25, 0.3) is 8.53 Å². The Labute approximate surface area is 214 Å². The van der Waals surface area contributed by atoms with E-state index in [1.165, 1.54) is 6.92 Å². The number of unbranched alkanes of at least 4 members (excludes halogenated alkanes) is 3. The van der Waals surface area contributed by atoms with Crippen LogP contribution in [0.4, 0.5) is 0 Å². The first-order valence-electron chi connectivity index (χ1n) is 13.2. The number of hydrogen-bond acceptors (Lipinski definition) is 8. The number of esters is 1. The van der Waals surface area contributed by atoms with Crippen molar-refractivity contribution in [3.63, 3.8) is 0 Å². The zero-order valence-electron chi connectivity index (χ0n) is 23.2. The maximum Gasteiger partial charge on any atom is 0.302 e. The molecule has 3 unspecified atom stereocenters. The lowest BCUT2D eigenvalue weighted by Gasteiger charge is -2.43. The molecule has 1 heterocycles. The summed E-state index contributed by atoms with van der Waals surface area (Å²) in [5.41, 5.74) is 0. The van der Waals surface area contributed by atoms with E-state index in [1.54, 1.807) is 0 Å². The van der Waals surface area contributed by atoms with Crippen molar-refractivity contribution < 1.29 is 28.1 Å². The number of hydrogen-bond donors (Lipinski definition) is 0. The summed E-state index contributed by atoms with van der Waals surface area (Å²) < 4.78 is 31.7. The molecular weight excluding hydrogens is 467 g/mol. The number of carbonyl (C=O) groups excluding carboxylic acids is 1. The van der Waals surface area contributed by atoms with Gasteiger partial charge in [0.15, 0.2) is 6.29 Å². The van der Waals surface area contributed by atoms with E-state index < -0.39 is 8.53 Å². The molecule has 8 nitrogen and oxygen atoms in total. The number of carbonyl (C=O) groups is 1. The summed E-state index contributed by atoms with van der Waals surface area (Å²) >= 11 is 0. The van der Waals surface area contributed by atoms with Gasteiger partial charge in [0.05, 0.1) is 31.8 Å². The first-order valence-corrected chi connectivity index (χ1v) is 14.3. The molecule has 204 valence electrons. The first kappa shape index (κ1) is 32.2.